The summed E-state index contributed by atoms with van der Waals surface area (Å²) in [6, 6.07) is 6.31. The first kappa shape index (κ1) is 13.7. The van der Waals surface area contributed by atoms with Crippen molar-refractivity contribution in [3.63, 3.8) is 0 Å². The van der Waals surface area contributed by atoms with E-state index in [9.17, 15) is 0 Å². The monoisotopic (exact) mass is 276 g/mol. The summed E-state index contributed by atoms with van der Waals surface area (Å²) in [7, 11) is 0. The second-order valence-corrected chi connectivity index (χ2v) is 5.91. The first-order valence-corrected chi connectivity index (χ1v) is 7.61. The number of rotatable bonds is 6. The molecule has 2 atom stereocenters. The molecule has 1 saturated carbocycles. The lowest BCUT2D eigenvalue weighted by Gasteiger charge is -2.23. The third-order valence-electron chi connectivity index (χ3n) is 4.32. The third kappa shape index (κ3) is 3.07. The highest BCUT2D eigenvalue weighted by Crippen LogP contribution is 2.36. The zero-order valence-corrected chi connectivity index (χ0v) is 12.1. The van der Waals surface area contributed by atoms with Crippen LogP contribution in [-0.4, -0.2) is 26.3 Å². The Balaban J connectivity index is 1.65. The van der Waals surface area contributed by atoms with E-state index < -0.39 is 0 Å². The Bertz CT molecular complexity index is 460. The van der Waals surface area contributed by atoms with Crippen LogP contribution in [0.2, 0.25) is 0 Å². The lowest BCUT2D eigenvalue weighted by atomic mass is 10.0. The van der Waals surface area contributed by atoms with Crippen LogP contribution in [0.4, 0.5) is 0 Å². The minimum atomic E-state index is 0.187. The number of fused-ring (bicyclic) bond motifs is 1. The Kier molecular flexibility index (Phi) is 4.13. The summed E-state index contributed by atoms with van der Waals surface area (Å²) in [5, 5.41) is 3.59. The number of hydrogen-bond donors (Lipinski definition) is 2. The summed E-state index contributed by atoms with van der Waals surface area (Å²) >= 11 is 0. The van der Waals surface area contributed by atoms with Crippen molar-refractivity contribution in [2.24, 2.45) is 17.6 Å². The van der Waals surface area contributed by atoms with Crippen molar-refractivity contribution >= 4 is 0 Å². The number of hydrogen-bond acceptors (Lipinski definition) is 4. The van der Waals surface area contributed by atoms with Gasteiger partial charge in [0.05, 0.1) is 0 Å². The molecular formula is C16H24N2O2. The lowest BCUT2D eigenvalue weighted by Crippen LogP contribution is -2.32. The predicted molar refractivity (Wildman–Crippen MR) is 79.1 cm³/mol. The van der Waals surface area contributed by atoms with Crippen LogP contribution < -0.4 is 20.5 Å². The molecule has 3 N–H and O–H groups in total. The van der Waals surface area contributed by atoms with Crippen LogP contribution in [0, 0.1) is 11.8 Å². The molecule has 1 heterocycles. The van der Waals surface area contributed by atoms with Crippen molar-refractivity contribution in [2.45, 2.75) is 25.8 Å². The fourth-order valence-electron chi connectivity index (χ4n) is 2.77. The van der Waals surface area contributed by atoms with Gasteiger partial charge in [-0.05, 0) is 48.9 Å². The smallest absolute Gasteiger partial charge is 0.161 e. The number of benzene rings is 1. The van der Waals surface area contributed by atoms with E-state index in [4.69, 9.17) is 15.2 Å². The maximum atomic E-state index is 5.92. The molecule has 0 amide bonds. The number of nitrogens with one attached hydrogen (secondary N) is 1. The van der Waals surface area contributed by atoms with E-state index in [0.29, 0.717) is 19.8 Å². The minimum absolute atomic E-state index is 0.187. The van der Waals surface area contributed by atoms with E-state index in [1.807, 2.05) is 6.07 Å². The Labute approximate surface area is 120 Å². The normalized spacial score (nSPS) is 20.5. The van der Waals surface area contributed by atoms with Crippen LogP contribution in [-0.2, 0) is 0 Å². The van der Waals surface area contributed by atoms with Crippen molar-refractivity contribution < 1.29 is 9.47 Å². The van der Waals surface area contributed by atoms with Gasteiger partial charge >= 0.3 is 0 Å². The van der Waals surface area contributed by atoms with Gasteiger partial charge in [0.1, 0.15) is 13.2 Å². The van der Waals surface area contributed by atoms with E-state index in [0.717, 1.165) is 29.9 Å². The van der Waals surface area contributed by atoms with Gasteiger partial charge in [0.25, 0.3) is 0 Å². The van der Waals surface area contributed by atoms with Gasteiger partial charge in [0.15, 0.2) is 11.5 Å². The molecule has 110 valence electrons. The number of nitrogens with two attached hydrogens (primary N) is 1. The predicted octanol–water partition coefficient (Wildman–Crippen LogP) is 2.09. The molecule has 1 aromatic carbocycles. The molecule has 1 aromatic rings. The average Bonchev–Trinajstić information content (AvgIpc) is 3.32. The zero-order chi connectivity index (χ0) is 13.9. The lowest BCUT2D eigenvalue weighted by molar-refractivity contribution is 0.171. The minimum Gasteiger partial charge on any atom is -0.486 e. The maximum absolute atomic E-state index is 5.92. The zero-order valence-electron chi connectivity index (χ0n) is 12.1. The van der Waals surface area contributed by atoms with Gasteiger partial charge < -0.3 is 20.5 Å². The maximum Gasteiger partial charge on any atom is 0.161 e. The molecule has 0 spiro atoms. The van der Waals surface area contributed by atoms with Crippen LogP contribution in [0.25, 0.3) is 0 Å². The molecule has 0 radical (unpaired) electrons. The molecule has 3 rings (SSSR count). The standard InChI is InChI=1S/C16H24N2O2/c1-11(12-2-3-12)10-18-14(9-17)13-4-5-15-16(8-13)20-7-6-19-15/h4-5,8,11-12,14,18H,2-3,6-7,9-10,17H2,1H3. The van der Waals surface area contributed by atoms with Gasteiger partial charge in [-0.25, -0.2) is 0 Å². The van der Waals surface area contributed by atoms with E-state index >= 15 is 0 Å². The summed E-state index contributed by atoms with van der Waals surface area (Å²) in [5.41, 5.74) is 7.10. The second-order valence-electron chi connectivity index (χ2n) is 5.91. The molecule has 2 aliphatic rings. The quantitative estimate of drug-likeness (QED) is 0.835. The molecule has 2 unspecified atom stereocenters. The number of ether oxygens (including phenoxy) is 2. The van der Waals surface area contributed by atoms with Crippen LogP contribution in [0.1, 0.15) is 31.4 Å². The highest BCUT2D eigenvalue weighted by molar-refractivity contribution is 5.44. The summed E-state index contributed by atoms with van der Waals surface area (Å²) in [6.45, 7) is 5.19. The van der Waals surface area contributed by atoms with Gasteiger partial charge in [-0.2, -0.15) is 0 Å². The van der Waals surface area contributed by atoms with Crippen molar-refractivity contribution in [3.8, 4) is 11.5 Å². The Morgan fingerprint density at radius 3 is 2.70 bits per heavy atom. The molecular weight excluding hydrogens is 252 g/mol. The highest BCUT2D eigenvalue weighted by Gasteiger charge is 2.28. The van der Waals surface area contributed by atoms with Crippen molar-refractivity contribution in [1.82, 2.24) is 5.32 Å². The van der Waals surface area contributed by atoms with E-state index in [-0.39, 0.29) is 6.04 Å². The van der Waals surface area contributed by atoms with E-state index in [1.54, 1.807) is 0 Å². The van der Waals surface area contributed by atoms with Gasteiger partial charge in [0, 0.05) is 12.6 Å². The molecule has 1 aliphatic carbocycles. The highest BCUT2D eigenvalue weighted by atomic mass is 16.6. The first-order chi connectivity index (χ1) is 9.78. The molecule has 0 bridgehead atoms. The Morgan fingerprint density at radius 1 is 1.25 bits per heavy atom. The Morgan fingerprint density at radius 2 is 2.00 bits per heavy atom. The Hall–Kier alpha value is -1.26. The molecule has 1 fully saturated rings. The summed E-state index contributed by atoms with van der Waals surface area (Å²) in [6.07, 6.45) is 2.78. The van der Waals surface area contributed by atoms with Gasteiger partial charge in [0.2, 0.25) is 0 Å². The molecule has 1 aliphatic heterocycles. The first-order valence-electron chi connectivity index (χ1n) is 7.61. The second kappa shape index (κ2) is 6.02. The summed E-state index contributed by atoms with van der Waals surface area (Å²) < 4.78 is 11.2. The average molecular weight is 276 g/mol. The SMILES string of the molecule is CC(CNC(CN)c1ccc2c(c1)OCCO2)C1CC1. The van der Waals surface area contributed by atoms with Crippen LogP contribution in [0.15, 0.2) is 18.2 Å². The molecule has 4 nitrogen and oxygen atoms in total. The summed E-state index contributed by atoms with van der Waals surface area (Å²) in [5.74, 6) is 3.33. The van der Waals surface area contributed by atoms with Crippen LogP contribution in [0.3, 0.4) is 0 Å². The molecule has 0 saturated heterocycles. The van der Waals surface area contributed by atoms with E-state index in [1.165, 1.54) is 18.4 Å². The van der Waals surface area contributed by atoms with Crippen molar-refractivity contribution in [3.05, 3.63) is 23.8 Å². The van der Waals surface area contributed by atoms with Crippen LogP contribution >= 0.6 is 0 Å². The van der Waals surface area contributed by atoms with Crippen molar-refractivity contribution in [1.29, 1.82) is 0 Å². The van der Waals surface area contributed by atoms with Crippen molar-refractivity contribution in [2.75, 3.05) is 26.3 Å². The van der Waals surface area contributed by atoms with E-state index in [2.05, 4.69) is 24.4 Å². The fraction of sp³-hybridized carbons (Fsp3) is 0.625. The summed E-state index contributed by atoms with van der Waals surface area (Å²) in [4.78, 5) is 0. The largest absolute Gasteiger partial charge is 0.486 e. The molecule has 0 aromatic heterocycles. The fourth-order valence-corrected chi connectivity index (χ4v) is 2.77. The molecule has 20 heavy (non-hydrogen) atoms. The third-order valence-corrected chi connectivity index (χ3v) is 4.32. The van der Waals surface area contributed by atoms with Crippen LogP contribution in [0.5, 0.6) is 11.5 Å². The molecule has 4 heteroatoms. The van der Waals surface area contributed by atoms with Gasteiger partial charge in [-0.15, -0.1) is 0 Å². The van der Waals surface area contributed by atoms with Gasteiger partial charge in [-0.3, -0.25) is 0 Å². The van der Waals surface area contributed by atoms with Gasteiger partial charge in [-0.1, -0.05) is 13.0 Å². The topological polar surface area (TPSA) is 56.5 Å².